The maximum Gasteiger partial charge on any atom is 0.230 e. The molecule has 3 aromatic rings. The van der Waals surface area contributed by atoms with Crippen LogP contribution in [0.1, 0.15) is 11.1 Å². The van der Waals surface area contributed by atoms with Gasteiger partial charge in [0.25, 0.3) is 0 Å². The molecule has 0 saturated carbocycles. The van der Waals surface area contributed by atoms with E-state index < -0.39 is 0 Å². The summed E-state index contributed by atoms with van der Waals surface area (Å²) in [5, 5.41) is 3.55. The third-order valence-electron chi connectivity index (χ3n) is 3.31. The molecule has 0 bridgehead atoms. The van der Waals surface area contributed by atoms with Gasteiger partial charge in [0.2, 0.25) is 5.91 Å². The number of rotatable bonds is 4. The van der Waals surface area contributed by atoms with Gasteiger partial charge in [-0.2, -0.15) is 0 Å². The molecule has 1 aromatic heterocycles. The number of nitrogens with one attached hydrogen (secondary N) is 1. The maximum atomic E-state index is 12.1. The summed E-state index contributed by atoms with van der Waals surface area (Å²) in [5.74, 6) is -0.0346. The molecule has 5 heteroatoms. The normalized spacial score (nSPS) is 10.8. The highest BCUT2D eigenvalue weighted by atomic mass is 32.2. The second kappa shape index (κ2) is 6.50. The lowest BCUT2D eigenvalue weighted by atomic mass is 10.1. The number of fused-ring (bicyclic) bond motifs is 1. The molecule has 0 radical (unpaired) electrons. The number of thioether (sulfide) groups is 1. The SMILES string of the molecule is CSc1ccc(CC(=O)Nc2nc3ccc(C)cc3s2)cc1. The second-order valence-corrected chi connectivity index (χ2v) is 6.97. The van der Waals surface area contributed by atoms with Gasteiger partial charge < -0.3 is 5.32 Å². The van der Waals surface area contributed by atoms with Gasteiger partial charge in [-0.1, -0.05) is 29.5 Å². The molecule has 1 amide bonds. The monoisotopic (exact) mass is 328 g/mol. The highest BCUT2D eigenvalue weighted by Crippen LogP contribution is 2.26. The van der Waals surface area contributed by atoms with E-state index in [1.54, 1.807) is 11.8 Å². The molecule has 0 fully saturated rings. The summed E-state index contributed by atoms with van der Waals surface area (Å²) in [5.41, 5.74) is 3.13. The number of benzene rings is 2. The Morgan fingerprint density at radius 1 is 1.23 bits per heavy atom. The van der Waals surface area contributed by atoms with Crippen LogP contribution in [0.4, 0.5) is 5.13 Å². The Labute approximate surface area is 137 Å². The predicted molar refractivity (Wildman–Crippen MR) is 94.9 cm³/mol. The predicted octanol–water partition coefficient (Wildman–Crippen LogP) is 4.51. The Kier molecular flexibility index (Phi) is 4.45. The first-order chi connectivity index (χ1) is 10.6. The van der Waals surface area contributed by atoms with Gasteiger partial charge in [0.05, 0.1) is 16.6 Å². The molecule has 0 aliphatic heterocycles. The number of hydrogen-bond acceptors (Lipinski definition) is 4. The minimum atomic E-state index is -0.0346. The standard InChI is InChI=1S/C17H16N2OS2/c1-11-3-8-14-15(9-11)22-17(18-14)19-16(20)10-12-4-6-13(21-2)7-5-12/h3-9H,10H2,1-2H3,(H,18,19,20). The molecule has 2 aromatic carbocycles. The van der Waals surface area contributed by atoms with Crippen molar-refractivity contribution in [2.75, 3.05) is 11.6 Å². The van der Waals surface area contributed by atoms with Gasteiger partial charge in [0.15, 0.2) is 5.13 Å². The van der Waals surface area contributed by atoms with Crippen LogP contribution < -0.4 is 5.32 Å². The quantitative estimate of drug-likeness (QED) is 0.717. The Balaban J connectivity index is 1.69. The molecule has 0 aliphatic carbocycles. The fourth-order valence-electron chi connectivity index (χ4n) is 2.18. The van der Waals surface area contributed by atoms with E-state index in [-0.39, 0.29) is 5.91 Å². The van der Waals surface area contributed by atoms with Crippen LogP contribution >= 0.6 is 23.1 Å². The second-order valence-electron chi connectivity index (χ2n) is 5.06. The van der Waals surface area contributed by atoms with Crippen LogP contribution in [0.3, 0.4) is 0 Å². The number of anilines is 1. The number of aryl methyl sites for hydroxylation is 1. The number of carbonyl (C=O) groups is 1. The largest absolute Gasteiger partial charge is 0.302 e. The van der Waals surface area contributed by atoms with Crippen LogP contribution in [-0.2, 0) is 11.2 Å². The van der Waals surface area contributed by atoms with Crippen molar-refractivity contribution in [3.63, 3.8) is 0 Å². The molecular formula is C17H16N2OS2. The summed E-state index contributed by atoms with van der Waals surface area (Å²) in [6, 6.07) is 14.2. The van der Waals surface area contributed by atoms with Crippen molar-refractivity contribution in [3.8, 4) is 0 Å². The van der Waals surface area contributed by atoms with E-state index in [4.69, 9.17) is 0 Å². The van der Waals surface area contributed by atoms with E-state index >= 15 is 0 Å². The van der Waals surface area contributed by atoms with Crippen LogP contribution in [0.2, 0.25) is 0 Å². The topological polar surface area (TPSA) is 42.0 Å². The number of carbonyl (C=O) groups excluding carboxylic acids is 1. The molecule has 112 valence electrons. The molecule has 1 heterocycles. The first-order valence-electron chi connectivity index (χ1n) is 6.94. The van der Waals surface area contributed by atoms with Gasteiger partial charge in [-0.25, -0.2) is 4.98 Å². The van der Waals surface area contributed by atoms with Gasteiger partial charge in [0, 0.05) is 4.90 Å². The average Bonchev–Trinajstić information content (AvgIpc) is 2.89. The smallest absolute Gasteiger partial charge is 0.230 e. The zero-order chi connectivity index (χ0) is 15.5. The van der Waals surface area contributed by atoms with Crippen LogP contribution in [0.25, 0.3) is 10.2 Å². The summed E-state index contributed by atoms with van der Waals surface area (Å²) in [6.45, 7) is 2.05. The lowest BCUT2D eigenvalue weighted by Gasteiger charge is -2.03. The third kappa shape index (κ3) is 3.48. The highest BCUT2D eigenvalue weighted by Gasteiger charge is 2.09. The highest BCUT2D eigenvalue weighted by molar-refractivity contribution is 7.98. The number of thiazole rings is 1. The van der Waals surface area contributed by atoms with Crippen molar-refractivity contribution in [1.82, 2.24) is 4.98 Å². The van der Waals surface area contributed by atoms with Gasteiger partial charge in [0.1, 0.15) is 0 Å². The first-order valence-corrected chi connectivity index (χ1v) is 8.98. The molecule has 3 rings (SSSR count). The molecule has 0 spiro atoms. The summed E-state index contributed by atoms with van der Waals surface area (Å²) < 4.78 is 1.10. The van der Waals surface area contributed by atoms with Crippen molar-refractivity contribution >= 4 is 44.4 Å². The Bertz CT molecular complexity index is 809. The fraction of sp³-hybridized carbons (Fsp3) is 0.176. The van der Waals surface area contributed by atoms with Crippen molar-refractivity contribution in [1.29, 1.82) is 0 Å². The van der Waals surface area contributed by atoms with E-state index in [9.17, 15) is 4.79 Å². The minimum absolute atomic E-state index is 0.0346. The summed E-state index contributed by atoms with van der Waals surface area (Å²) in [4.78, 5) is 17.8. The summed E-state index contributed by atoms with van der Waals surface area (Å²) in [6.07, 6.45) is 2.40. The lowest BCUT2D eigenvalue weighted by molar-refractivity contribution is -0.115. The van der Waals surface area contributed by atoms with E-state index in [1.807, 2.05) is 42.7 Å². The molecule has 0 aliphatic rings. The van der Waals surface area contributed by atoms with Crippen molar-refractivity contribution in [3.05, 3.63) is 53.6 Å². The van der Waals surface area contributed by atoms with E-state index in [1.165, 1.54) is 21.8 Å². The molecule has 0 unspecified atom stereocenters. The molecule has 22 heavy (non-hydrogen) atoms. The van der Waals surface area contributed by atoms with Gasteiger partial charge in [-0.15, -0.1) is 11.8 Å². The average molecular weight is 328 g/mol. The Morgan fingerprint density at radius 3 is 2.73 bits per heavy atom. The van der Waals surface area contributed by atoms with E-state index in [2.05, 4.69) is 23.3 Å². The molecule has 1 N–H and O–H groups in total. The number of aromatic nitrogens is 1. The zero-order valence-electron chi connectivity index (χ0n) is 12.4. The Hall–Kier alpha value is -1.85. The van der Waals surface area contributed by atoms with Gasteiger partial charge in [-0.05, 0) is 48.6 Å². The number of hydrogen-bond donors (Lipinski definition) is 1. The Morgan fingerprint density at radius 2 is 2.00 bits per heavy atom. The first kappa shape index (κ1) is 15.1. The zero-order valence-corrected chi connectivity index (χ0v) is 14.1. The number of nitrogens with zero attached hydrogens (tertiary/aromatic N) is 1. The lowest BCUT2D eigenvalue weighted by Crippen LogP contribution is -2.14. The van der Waals surface area contributed by atoms with Gasteiger partial charge in [-0.3, -0.25) is 4.79 Å². The molecule has 0 atom stereocenters. The van der Waals surface area contributed by atoms with Crippen molar-refractivity contribution in [2.24, 2.45) is 0 Å². The third-order valence-corrected chi connectivity index (χ3v) is 4.99. The van der Waals surface area contributed by atoms with Crippen LogP contribution in [0.5, 0.6) is 0 Å². The summed E-state index contributed by atoms with van der Waals surface area (Å²) >= 11 is 3.20. The maximum absolute atomic E-state index is 12.1. The molecular weight excluding hydrogens is 312 g/mol. The molecule has 0 saturated heterocycles. The number of amides is 1. The van der Waals surface area contributed by atoms with E-state index in [0.717, 1.165) is 15.8 Å². The minimum Gasteiger partial charge on any atom is -0.302 e. The van der Waals surface area contributed by atoms with Crippen molar-refractivity contribution < 1.29 is 4.79 Å². The van der Waals surface area contributed by atoms with Crippen molar-refractivity contribution in [2.45, 2.75) is 18.2 Å². The van der Waals surface area contributed by atoms with Crippen LogP contribution in [0, 0.1) is 6.92 Å². The van der Waals surface area contributed by atoms with Crippen LogP contribution in [0.15, 0.2) is 47.4 Å². The summed E-state index contributed by atoms with van der Waals surface area (Å²) in [7, 11) is 0. The van der Waals surface area contributed by atoms with Gasteiger partial charge >= 0.3 is 0 Å². The van der Waals surface area contributed by atoms with E-state index in [0.29, 0.717) is 11.6 Å². The molecule has 3 nitrogen and oxygen atoms in total. The fourth-order valence-corrected chi connectivity index (χ4v) is 3.57. The van der Waals surface area contributed by atoms with Crippen LogP contribution in [-0.4, -0.2) is 17.1 Å².